The van der Waals surface area contributed by atoms with Gasteiger partial charge in [-0.05, 0) is 6.42 Å². The highest BCUT2D eigenvalue weighted by Gasteiger charge is 2.11. The van der Waals surface area contributed by atoms with Crippen LogP contribution in [0.2, 0.25) is 0 Å². The van der Waals surface area contributed by atoms with Crippen molar-refractivity contribution in [3.8, 4) is 0 Å². The van der Waals surface area contributed by atoms with E-state index in [1.165, 1.54) is 6.92 Å². The summed E-state index contributed by atoms with van der Waals surface area (Å²) in [5, 5.41) is 8.27. The Morgan fingerprint density at radius 3 is 2.08 bits per heavy atom. The number of allylic oxidation sites excluding steroid dienone is 1. The molecule has 0 aliphatic rings. The van der Waals surface area contributed by atoms with Crippen molar-refractivity contribution in [2.75, 3.05) is 5.75 Å². The van der Waals surface area contributed by atoms with Gasteiger partial charge >= 0.3 is 5.97 Å². The maximum atomic E-state index is 10.2. The summed E-state index contributed by atoms with van der Waals surface area (Å²) in [4.78, 5) is 19.5. The van der Waals surface area contributed by atoms with Crippen LogP contribution in [-0.4, -0.2) is 21.9 Å². The molecule has 0 aliphatic carbocycles. The molecule has 0 aliphatic heterocycles. The molecule has 3 nitrogen and oxygen atoms in total. The van der Waals surface area contributed by atoms with Gasteiger partial charge in [0.25, 0.3) is 0 Å². The van der Waals surface area contributed by atoms with Gasteiger partial charge in [-0.25, -0.2) is 0 Å². The first-order valence-electron chi connectivity index (χ1n) is 3.59. The van der Waals surface area contributed by atoms with Gasteiger partial charge in [0.1, 0.15) is 0 Å². The average molecular weight is 222 g/mol. The van der Waals surface area contributed by atoms with E-state index in [0.29, 0.717) is 12.2 Å². The second-order valence-corrected chi connectivity index (χ2v) is 3.26. The number of carboxylic acid groups (broad SMARTS) is 1. The monoisotopic (exact) mass is 222 g/mol. The number of carbonyl (C=O) groups is 2. The Morgan fingerprint density at radius 1 is 1.62 bits per heavy atom. The molecule has 0 aromatic rings. The fraction of sp³-hybridized carbons (Fsp3) is 0.500. The van der Waals surface area contributed by atoms with Crippen molar-refractivity contribution in [2.45, 2.75) is 13.3 Å². The van der Waals surface area contributed by atoms with Crippen LogP contribution in [0.4, 0.5) is 0 Å². The molecule has 0 saturated carbocycles. The maximum Gasteiger partial charge on any atom is 0.307 e. The van der Waals surface area contributed by atoms with Gasteiger partial charge in [0.15, 0.2) is 5.12 Å². The molecule has 0 amide bonds. The van der Waals surface area contributed by atoms with E-state index in [-0.39, 0.29) is 11.0 Å². The number of carboxylic acids is 1. The van der Waals surface area contributed by atoms with Crippen LogP contribution in [0.15, 0.2) is 12.7 Å². The van der Waals surface area contributed by atoms with Crippen LogP contribution in [0.25, 0.3) is 0 Å². The summed E-state index contributed by atoms with van der Waals surface area (Å²) in [6.45, 7) is 4.83. The maximum absolute atomic E-state index is 10.2. The zero-order valence-corrected chi connectivity index (χ0v) is 9.22. The highest BCUT2D eigenvalue weighted by atomic mass is 32.1. The minimum Gasteiger partial charge on any atom is -0.481 e. The van der Waals surface area contributed by atoms with Crippen LogP contribution >= 0.6 is 25.3 Å². The molecule has 0 aromatic carbocycles. The van der Waals surface area contributed by atoms with E-state index in [0.717, 1.165) is 0 Å². The van der Waals surface area contributed by atoms with Crippen LogP contribution in [0.3, 0.4) is 0 Å². The van der Waals surface area contributed by atoms with E-state index in [9.17, 15) is 9.59 Å². The first-order chi connectivity index (χ1) is 5.95. The molecule has 0 saturated heterocycles. The van der Waals surface area contributed by atoms with E-state index < -0.39 is 5.97 Å². The van der Waals surface area contributed by atoms with Crippen molar-refractivity contribution in [2.24, 2.45) is 5.92 Å². The van der Waals surface area contributed by atoms with E-state index in [2.05, 4.69) is 31.8 Å². The normalized spacial score (nSPS) is 10.7. The number of thiol groups is 2. The summed E-state index contributed by atoms with van der Waals surface area (Å²) in [6.07, 6.45) is 2.09. The van der Waals surface area contributed by atoms with Crippen LogP contribution in [-0.2, 0) is 9.59 Å². The van der Waals surface area contributed by atoms with Crippen LogP contribution in [0, 0.1) is 5.92 Å². The standard InChI is InChI=1S/C6H10O2S.C2H4OS/c1-2-3-5(4-9)6(7)8;1-2(3)4/h2,5,9H,1,3-4H2,(H,7,8);1H3,(H,3,4). The Bertz CT molecular complexity index is 176. The van der Waals surface area contributed by atoms with Gasteiger partial charge in [0.05, 0.1) is 5.92 Å². The van der Waals surface area contributed by atoms with E-state index in [4.69, 9.17) is 5.11 Å². The molecular weight excluding hydrogens is 208 g/mol. The van der Waals surface area contributed by atoms with Crippen molar-refractivity contribution in [3.63, 3.8) is 0 Å². The number of aliphatic carboxylic acids is 1. The molecule has 0 rings (SSSR count). The van der Waals surface area contributed by atoms with E-state index >= 15 is 0 Å². The summed E-state index contributed by atoms with van der Waals surface area (Å²) in [5.41, 5.74) is 0. The Kier molecular flexibility index (Phi) is 11.2. The van der Waals surface area contributed by atoms with E-state index in [1.54, 1.807) is 6.08 Å². The summed E-state index contributed by atoms with van der Waals surface area (Å²) in [5.74, 6) is -0.794. The molecule has 1 N–H and O–H groups in total. The van der Waals surface area contributed by atoms with Gasteiger partial charge in [0, 0.05) is 12.7 Å². The quantitative estimate of drug-likeness (QED) is 0.501. The SMILES string of the molecule is C=CCC(CS)C(=O)O.CC(=O)S. The molecule has 0 spiro atoms. The fourth-order valence-electron chi connectivity index (χ4n) is 0.455. The summed E-state index contributed by atoms with van der Waals surface area (Å²) < 4.78 is 0. The van der Waals surface area contributed by atoms with Crippen molar-refractivity contribution in [1.82, 2.24) is 0 Å². The molecule has 5 heteroatoms. The van der Waals surface area contributed by atoms with Crippen LogP contribution < -0.4 is 0 Å². The molecule has 0 heterocycles. The first kappa shape index (κ1) is 15.1. The lowest BCUT2D eigenvalue weighted by Gasteiger charge is -2.02. The van der Waals surface area contributed by atoms with Gasteiger partial charge in [-0.3, -0.25) is 9.59 Å². The highest BCUT2D eigenvalue weighted by Crippen LogP contribution is 2.04. The molecule has 1 atom stereocenters. The minimum absolute atomic E-state index is 0.139. The lowest BCUT2D eigenvalue weighted by Crippen LogP contribution is -2.13. The Morgan fingerprint density at radius 2 is 2.00 bits per heavy atom. The van der Waals surface area contributed by atoms with Gasteiger partial charge in [-0.2, -0.15) is 12.6 Å². The summed E-state index contributed by atoms with van der Waals surface area (Å²) >= 11 is 7.19. The van der Waals surface area contributed by atoms with Crippen LogP contribution in [0.1, 0.15) is 13.3 Å². The van der Waals surface area contributed by atoms with E-state index in [1.807, 2.05) is 0 Å². The minimum atomic E-state index is -0.801. The fourth-order valence-corrected chi connectivity index (χ4v) is 0.760. The Hall–Kier alpha value is -0.420. The predicted molar refractivity (Wildman–Crippen MR) is 59.5 cm³/mol. The second kappa shape index (κ2) is 9.67. The largest absolute Gasteiger partial charge is 0.481 e. The third-order valence-corrected chi connectivity index (χ3v) is 1.46. The topological polar surface area (TPSA) is 54.4 Å². The van der Waals surface area contributed by atoms with Crippen LogP contribution in [0.5, 0.6) is 0 Å². The number of carbonyl (C=O) groups excluding carboxylic acids is 1. The molecule has 0 fully saturated rings. The van der Waals surface area contributed by atoms with Crippen molar-refractivity contribution in [3.05, 3.63) is 12.7 Å². The van der Waals surface area contributed by atoms with Crippen molar-refractivity contribution >= 4 is 36.3 Å². The predicted octanol–water partition coefficient (Wildman–Crippen LogP) is 1.66. The molecule has 0 bridgehead atoms. The zero-order chi connectivity index (χ0) is 10.9. The zero-order valence-electron chi connectivity index (χ0n) is 7.43. The number of hydrogen-bond acceptors (Lipinski definition) is 3. The smallest absolute Gasteiger partial charge is 0.307 e. The van der Waals surface area contributed by atoms with Crippen molar-refractivity contribution < 1.29 is 14.7 Å². The van der Waals surface area contributed by atoms with Crippen molar-refractivity contribution in [1.29, 1.82) is 0 Å². The van der Waals surface area contributed by atoms with Gasteiger partial charge in [-0.1, -0.05) is 6.08 Å². The average Bonchev–Trinajstić information content (AvgIpc) is 1.98. The first-order valence-corrected chi connectivity index (χ1v) is 4.67. The Balaban J connectivity index is 0. The molecule has 0 aromatic heterocycles. The molecule has 13 heavy (non-hydrogen) atoms. The second-order valence-electron chi connectivity index (χ2n) is 2.26. The molecule has 1 unspecified atom stereocenters. The third kappa shape index (κ3) is 14.4. The summed E-state index contributed by atoms with van der Waals surface area (Å²) in [7, 11) is 0. The number of hydrogen-bond donors (Lipinski definition) is 3. The van der Waals surface area contributed by atoms with Gasteiger partial charge in [-0.15, -0.1) is 19.2 Å². The molecular formula is C8H14O3S2. The van der Waals surface area contributed by atoms with Gasteiger partial charge in [0.2, 0.25) is 0 Å². The van der Waals surface area contributed by atoms with Gasteiger partial charge < -0.3 is 5.11 Å². The third-order valence-electron chi connectivity index (χ3n) is 1.02. The molecule has 76 valence electrons. The lowest BCUT2D eigenvalue weighted by atomic mass is 10.1. The molecule has 0 radical (unpaired) electrons. The summed E-state index contributed by atoms with van der Waals surface area (Å²) in [6, 6.07) is 0. The number of rotatable bonds is 4. The lowest BCUT2D eigenvalue weighted by molar-refractivity contribution is -0.140. The highest BCUT2D eigenvalue weighted by molar-refractivity contribution is 7.96. The Labute approximate surface area is 89.0 Å².